The number of hydrogen-bond acceptors (Lipinski definition) is 1. The second-order valence-electron chi connectivity index (χ2n) is 3.59. The van der Waals surface area contributed by atoms with Crippen molar-refractivity contribution in [1.82, 2.24) is 4.90 Å². The first-order valence-corrected chi connectivity index (χ1v) is 4.19. The SMILES string of the molecule is Cc1cccc2c1C1CN1C2. The van der Waals surface area contributed by atoms with Crippen LogP contribution in [0, 0.1) is 6.92 Å². The summed E-state index contributed by atoms with van der Waals surface area (Å²) in [5.41, 5.74) is 4.65. The molecule has 1 nitrogen and oxygen atoms in total. The molecule has 2 unspecified atom stereocenters. The van der Waals surface area contributed by atoms with Gasteiger partial charge in [0.1, 0.15) is 0 Å². The largest absolute Gasteiger partial charge is 0.289 e. The maximum absolute atomic E-state index is 2.51. The van der Waals surface area contributed by atoms with E-state index in [9.17, 15) is 0 Å². The van der Waals surface area contributed by atoms with E-state index in [-0.39, 0.29) is 0 Å². The molecule has 1 heteroatoms. The third-order valence-electron chi connectivity index (χ3n) is 2.84. The highest BCUT2D eigenvalue weighted by molar-refractivity contribution is 5.43. The summed E-state index contributed by atoms with van der Waals surface area (Å²) in [6.45, 7) is 4.72. The van der Waals surface area contributed by atoms with E-state index in [0.29, 0.717) is 0 Å². The van der Waals surface area contributed by atoms with Crippen LogP contribution in [0.5, 0.6) is 0 Å². The molecule has 2 aliphatic rings. The summed E-state index contributed by atoms with van der Waals surface area (Å²) in [5.74, 6) is 0. The Bertz CT molecular complexity index is 317. The molecule has 2 aliphatic heterocycles. The van der Waals surface area contributed by atoms with Gasteiger partial charge >= 0.3 is 0 Å². The van der Waals surface area contributed by atoms with Crippen LogP contribution in [0.3, 0.4) is 0 Å². The molecule has 0 saturated carbocycles. The fourth-order valence-electron chi connectivity index (χ4n) is 2.20. The van der Waals surface area contributed by atoms with E-state index >= 15 is 0 Å². The zero-order valence-corrected chi connectivity index (χ0v) is 6.67. The van der Waals surface area contributed by atoms with Gasteiger partial charge in [-0.1, -0.05) is 18.2 Å². The predicted octanol–water partition coefficient (Wildman–Crippen LogP) is 1.87. The maximum Gasteiger partial charge on any atom is 0.0485 e. The lowest BCUT2D eigenvalue weighted by Gasteiger charge is -2.03. The molecule has 2 atom stereocenters. The molecule has 1 aromatic rings. The fraction of sp³-hybridized carbons (Fsp3) is 0.400. The summed E-state index contributed by atoms with van der Waals surface area (Å²) >= 11 is 0. The Hall–Kier alpha value is -0.820. The standard InChI is InChI=1S/C10H11N/c1-7-3-2-4-8-5-11-6-9(11)10(7)8/h2-4,9H,5-6H2,1H3. The van der Waals surface area contributed by atoms with Crippen molar-refractivity contribution in [2.45, 2.75) is 19.5 Å². The molecule has 11 heavy (non-hydrogen) atoms. The van der Waals surface area contributed by atoms with E-state index in [1.807, 2.05) is 0 Å². The van der Waals surface area contributed by atoms with Crippen LogP contribution in [0.2, 0.25) is 0 Å². The van der Waals surface area contributed by atoms with Crippen LogP contribution in [0.15, 0.2) is 18.2 Å². The fourth-order valence-corrected chi connectivity index (χ4v) is 2.20. The molecular weight excluding hydrogens is 134 g/mol. The second kappa shape index (κ2) is 1.67. The van der Waals surface area contributed by atoms with E-state index in [1.165, 1.54) is 18.7 Å². The van der Waals surface area contributed by atoms with Gasteiger partial charge in [-0.15, -0.1) is 0 Å². The average molecular weight is 145 g/mol. The number of fused-ring (bicyclic) bond motifs is 3. The Labute approximate surface area is 66.6 Å². The maximum atomic E-state index is 2.51. The Kier molecular flexibility index (Phi) is 0.878. The minimum Gasteiger partial charge on any atom is -0.289 e. The van der Waals surface area contributed by atoms with Gasteiger partial charge in [-0.25, -0.2) is 0 Å². The summed E-state index contributed by atoms with van der Waals surface area (Å²) in [4.78, 5) is 2.51. The van der Waals surface area contributed by atoms with Crippen molar-refractivity contribution >= 4 is 0 Å². The molecular formula is C10H11N. The van der Waals surface area contributed by atoms with Gasteiger partial charge in [-0.2, -0.15) is 0 Å². The molecule has 0 N–H and O–H groups in total. The molecule has 0 aromatic heterocycles. The minimum atomic E-state index is 0.797. The summed E-state index contributed by atoms with van der Waals surface area (Å²) in [7, 11) is 0. The quantitative estimate of drug-likeness (QED) is 0.503. The summed E-state index contributed by atoms with van der Waals surface area (Å²) in [6, 6.07) is 7.45. The van der Waals surface area contributed by atoms with Crippen LogP contribution in [0.4, 0.5) is 0 Å². The average Bonchev–Trinajstić information content (AvgIpc) is 2.62. The van der Waals surface area contributed by atoms with Crippen LogP contribution in [0.25, 0.3) is 0 Å². The van der Waals surface area contributed by atoms with Crippen molar-refractivity contribution < 1.29 is 0 Å². The van der Waals surface area contributed by atoms with Crippen LogP contribution in [-0.4, -0.2) is 11.4 Å². The number of nitrogens with zero attached hydrogens (tertiary/aromatic N) is 1. The van der Waals surface area contributed by atoms with Crippen LogP contribution in [0.1, 0.15) is 22.7 Å². The van der Waals surface area contributed by atoms with Crippen molar-refractivity contribution in [2.75, 3.05) is 6.54 Å². The number of aryl methyl sites for hydroxylation is 1. The lowest BCUT2D eigenvalue weighted by atomic mass is 10.0. The van der Waals surface area contributed by atoms with Crippen molar-refractivity contribution in [1.29, 1.82) is 0 Å². The predicted molar refractivity (Wildman–Crippen MR) is 44.3 cm³/mol. The smallest absolute Gasteiger partial charge is 0.0485 e. The van der Waals surface area contributed by atoms with Crippen LogP contribution >= 0.6 is 0 Å². The van der Waals surface area contributed by atoms with Crippen molar-refractivity contribution in [3.05, 3.63) is 34.9 Å². The van der Waals surface area contributed by atoms with E-state index in [4.69, 9.17) is 0 Å². The summed E-state index contributed by atoms with van der Waals surface area (Å²) in [5, 5.41) is 0. The summed E-state index contributed by atoms with van der Waals surface area (Å²) in [6.07, 6.45) is 0. The zero-order valence-electron chi connectivity index (χ0n) is 6.67. The highest BCUT2D eigenvalue weighted by Crippen LogP contribution is 2.45. The number of hydrogen-bond donors (Lipinski definition) is 0. The van der Waals surface area contributed by atoms with E-state index in [1.54, 1.807) is 11.1 Å². The first-order chi connectivity index (χ1) is 5.36. The third-order valence-corrected chi connectivity index (χ3v) is 2.84. The number of benzene rings is 1. The molecule has 56 valence electrons. The first kappa shape index (κ1) is 5.78. The summed E-state index contributed by atoms with van der Waals surface area (Å²) < 4.78 is 0. The van der Waals surface area contributed by atoms with Gasteiger partial charge in [0.2, 0.25) is 0 Å². The Morgan fingerprint density at radius 1 is 1.45 bits per heavy atom. The Morgan fingerprint density at radius 2 is 2.36 bits per heavy atom. The molecule has 1 saturated heterocycles. The minimum absolute atomic E-state index is 0.797. The van der Waals surface area contributed by atoms with Gasteiger partial charge in [0.15, 0.2) is 0 Å². The van der Waals surface area contributed by atoms with Crippen molar-refractivity contribution in [3.8, 4) is 0 Å². The molecule has 0 aliphatic carbocycles. The van der Waals surface area contributed by atoms with E-state index in [2.05, 4.69) is 30.0 Å². The topological polar surface area (TPSA) is 3.01 Å². The molecule has 2 heterocycles. The van der Waals surface area contributed by atoms with Crippen LogP contribution < -0.4 is 0 Å². The first-order valence-electron chi connectivity index (χ1n) is 4.19. The lowest BCUT2D eigenvalue weighted by Crippen LogP contribution is -1.92. The molecule has 0 bridgehead atoms. The van der Waals surface area contributed by atoms with Crippen molar-refractivity contribution in [2.24, 2.45) is 0 Å². The highest BCUT2D eigenvalue weighted by atomic mass is 15.3. The Balaban J connectivity index is 2.25. The van der Waals surface area contributed by atoms with Gasteiger partial charge in [0, 0.05) is 19.1 Å². The number of rotatable bonds is 0. The molecule has 0 spiro atoms. The van der Waals surface area contributed by atoms with Crippen molar-refractivity contribution in [3.63, 3.8) is 0 Å². The second-order valence-corrected chi connectivity index (χ2v) is 3.59. The Morgan fingerprint density at radius 3 is 3.18 bits per heavy atom. The molecule has 1 fully saturated rings. The highest BCUT2D eigenvalue weighted by Gasteiger charge is 2.42. The van der Waals surface area contributed by atoms with Gasteiger partial charge in [-0.3, -0.25) is 4.90 Å². The van der Waals surface area contributed by atoms with Crippen LogP contribution in [-0.2, 0) is 6.54 Å². The third kappa shape index (κ3) is 0.641. The molecule has 1 aromatic carbocycles. The monoisotopic (exact) mass is 145 g/mol. The zero-order chi connectivity index (χ0) is 7.42. The normalized spacial score (nSPS) is 31.4. The molecule has 0 amide bonds. The van der Waals surface area contributed by atoms with Gasteiger partial charge in [0.25, 0.3) is 0 Å². The van der Waals surface area contributed by atoms with E-state index < -0.39 is 0 Å². The molecule has 3 rings (SSSR count). The lowest BCUT2D eigenvalue weighted by molar-refractivity contribution is 0.547. The molecule has 0 radical (unpaired) electrons. The van der Waals surface area contributed by atoms with Gasteiger partial charge < -0.3 is 0 Å². The van der Waals surface area contributed by atoms with Gasteiger partial charge in [-0.05, 0) is 23.6 Å². The van der Waals surface area contributed by atoms with Gasteiger partial charge in [0.05, 0.1) is 0 Å². The van der Waals surface area contributed by atoms with E-state index in [0.717, 1.165) is 6.04 Å².